The molecule has 0 atom stereocenters. The number of rotatable bonds is 5. The molecule has 25 heavy (non-hydrogen) atoms. The lowest BCUT2D eigenvalue weighted by Crippen LogP contribution is -2.20. The highest BCUT2D eigenvalue weighted by atomic mass is 16.3. The predicted octanol–water partition coefficient (Wildman–Crippen LogP) is 1.58. The van der Waals surface area contributed by atoms with Gasteiger partial charge in [-0.2, -0.15) is 0 Å². The molecular weight excluding hydrogens is 318 g/mol. The van der Waals surface area contributed by atoms with E-state index in [-0.39, 0.29) is 11.2 Å². The maximum Gasteiger partial charge on any atom is 0.223 e. The number of benzene rings is 1. The van der Waals surface area contributed by atoms with Crippen LogP contribution in [0.4, 0.5) is 0 Å². The zero-order valence-corrected chi connectivity index (χ0v) is 14.5. The van der Waals surface area contributed by atoms with Crippen LogP contribution in [0.25, 0.3) is 5.69 Å². The predicted molar refractivity (Wildman–Crippen MR) is 94.7 cm³/mol. The summed E-state index contributed by atoms with van der Waals surface area (Å²) in [7, 11) is 1.82. The second kappa shape index (κ2) is 6.90. The first kappa shape index (κ1) is 16.9. The van der Waals surface area contributed by atoms with Gasteiger partial charge in [0, 0.05) is 31.9 Å². The first-order valence-corrected chi connectivity index (χ1v) is 8.03. The van der Waals surface area contributed by atoms with Crippen LogP contribution in [0, 0.1) is 13.8 Å². The minimum absolute atomic E-state index is 0.219. The van der Waals surface area contributed by atoms with E-state index in [1.54, 1.807) is 9.25 Å². The van der Waals surface area contributed by atoms with Crippen LogP contribution in [0.1, 0.15) is 22.6 Å². The molecule has 0 spiro atoms. The Morgan fingerprint density at radius 3 is 2.60 bits per heavy atom. The van der Waals surface area contributed by atoms with Crippen molar-refractivity contribution in [3.05, 3.63) is 69.4 Å². The van der Waals surface area contributed by atoms with E-state index < -0.39 is 0 Å². The Balaban J connectivity index is 1.68. The molecule has 1 aromatic carbocycles. The summed E-state index contributed by atoms with van der Waals surface area (Å²) >= 11 is 0. The summed E-state index contributed by atoms with van der Waals surface area (Å²) in [6, 6.07) is 9.45. The Hall–Kier alpha value is -2.93. The van der Waals surface area contributed by atoms with Crippen molar-refractivity contribution in [3.63, 3.8) is 0 Å². The number of nitrogens with zero attached hydrogens (tertiary/aromatic N) is 4. The number of aryl methyl sites for hydroxylation is 2. The Bertz CT molecular complexity index is 941. The molecule has 0 amide bonds. The van der Waals surface area contributed by atoms with Crippen molar-refractivity contribution in [2.24, 2.45) is 7.05 Å². The van der Waals surface area contributed by atoms with Gasteiger partial charge in [-0.15, -0.1) is 5.10 Å². The molecule has 7 heteroatoms. The zero-order chi connectivity index (χ0) is 18.0. The zero-order valence-electron chi connectivity index (χ0n) is 14.5. The highest BCUT2D eigenvalue weighted by Crippen LogP contribution is 2.13. The lowest BCUT2D eigenvalue weighted by atomic mass is 10.2. The average Bonchev–Trinajstić information content (AvgIpc) is 3.06. The minimum Gasteiger partial charge on any atom is -0.503 e. The van der Waals surface area contributed by atoms with E-state index in [0.717, 1.165) is 17.1 Å². The Kier molecular flexibility index (Phi) is 4.67. The van der Waals surface area contributed by atoms with E-state index in [2.05, 4.69) is 15.6 Å². The van der Waals surface area contributed by atoms with E-state index in [0.29, 0.717) is 18.8 Å². The molecule has 2 aromatic heterocycles. The van der Waals surface area contributed by atoms with Gasteiger partial charge < -0.3 is 15.0 Å². The third kappa shape index (κ3) is 3.61. The van der Waals surface area contributed by atoms with E-state index in [1.165, 1.54) is 11.6 Å². The fraction of sp³-hybridized carbons (Fsp3) is 0.278. The van der Waals surface area contributed by atoms with Crippen LogP contribution < -0.4 is 10.7 Å². The molecule has 2 N–H and O–H groups in total. The van der Waals surface area contributed by atoms with Crippen molar-refractivity contribution < 1.29 is 5.11 Å². The highest BCUT2D eigenvalue weighted by Gasteiger charge is 2.11. The SMILES string of the molecule is Cc1ccc(-n2cc(CNCc3c(O)c(=O)cc(C)n3C)nn2)cc1. The molecule has 0 saturated carbocycles. The molecule has 0 bridgehead atoms. The van der Waals surface area contributed by atoms with Crippen molar-refractivity contribution in [2.75, 3.05) is 0 Å². The first-order chi connectivity index (χ1) is 12.0. The first-order valence-electron chi connectivity index (χ1n) is 8.03. The van der Waals surface area contributed by atoms with Crippen molar-refractivity contribution in [1.29, 1.82) is 0 Å². The second-order valence-corrected chi connectivity index (χ2v) is 6.10. The molecule has 3 aromatic rings. The molecule has 130 valence electrons. The van der Waals surface area contributed by atoms with Crippen LogP contribution in [-0.2, 0) is 20.1 Å². The quantitative estimate of drug-likeness (QED) is 0.737. The van der Waals surface area contributed by atoms with Gasteiger partial charge in [-0.05, 0) is 26.0 Å². The highest BCUT2D eigenvalue weighted by molar-refractivity contribution is 5.33. The van der Waals surface area contributed by atoms with E-state index in [9.17, 15) is 9.90 Å². The lowest BCUT2D eigenvalue weighted by molar-refractivity contribution is 0.445. The molecule has 3 rings (SSSR count). The Morgan fingerprint density at radius 1 is 1.16 bits per heavy atom. The van der Waals surface area contributed by atoms with Gasteiger partial charge in [0.2, 0.25) is 5.43 Å². The van der Waals surface area contributed by atoms with Crippen LogP contribution in [0.5, 0.6) is 5.75 Å². The maximum absolute atomic E-state index is 11.7. The number of hydrogen-bond acceptors (Lipinski definition) is 5. The molecule has 0 saturated heterocycles. The fourth-order valence-electron chi connectivity index (χ4n) is 2.58. The third-order valence-corrected chi connectivity index (χ3v) is 4.22. The van der Waals surface area contributed by atoms with Crippen molar-refractivity contribution in [1.82, 2.24) is 24.9 Å². The Morgan fingerprint density at radius 2 is 1.88 bits per heavy atom. The van der Waals surface area contributed by atoms with Crippen molar-refractivity contribution in [3.8, 4) is 11.4 Å². The summed E-state index contributed by atoms with van der Waals surface area (Å²) in [6.45, 7) is 4.70. The van der Waals surface area contributed by atoms with Crippen LogP contribution in [0.2, 0.25) is 0 Å². The molecule has 0 fully saturated rings. The van der Waals surface area contributed by atoms with E-state index >= 15 is 0 Å². The summed E-state index contributed by atoms with van der Waals surface area (Å²) in [5, 5.41) is 21.4. The van der Waals surface area contributed by atoms with Gasteiger partial charge in [0.1, 0.15) is 0 Å². The normalized spacial score (nSPS) is 11.0. The lowest BCUT2D eigenvalue weighted by Gasteiger charge is -2.13. The summed E-state index contributed by atoms with van der Waals surface area (Å²) in [6.07, 6.45) is 1.85. The number of aromatic nitrogens is 4. The summed E-state index contributed by atoms with van der Waals surface area (Å²) in [5.74, 6) is -0.219. The van der Waals surface area contributed by atoms with Gasteiger partial charge in [0.15, 0.2) is 5.75 Å². The van der Waals surface area contributed by atoms with Crippen LogP contribution in [-0.4, -0.2) is 24.7 Å². The number of aromatic hydroxyl groups is 1. The summed E-state index contributed by atoms with van der Waals surface area (Å²) < 4.78 is 3.52. The summed E-state index contributed by atoms with van der Waals surface area (Å²) in [5.41, 5.74) is 3.90. The van der Waals surface area contributed by atoms with Gasteiger partial charge >= 0.3 is 0 Å². The topological polar surface area (TPSA) is 85.0 Å². The van der Waals surface area contributed by atoms with Gasteiger partial charge in [-0.3, -0.25) is 4.79 Å². The number of nitrogens with one attached hydrogen (secondary N) is 1. The van der Waals surface area contributed by atoms with Gasteiger partial charge in [0.05, 0.1) is 23.3 Å². The van der Waals surface area contributed by atoms with Gasteiger partial charge in [-0.1, -0.05) is 22.9 Å². The summed E-state index contributed by atoms with van der Waals surface area (Å²) in [4.78, 5) is 11.7. The van der Waals surface area contributed by atoms with Crippen LogP contribution >= 0.6 is 0 Å². The second-order valence-electron chi connectivity index (χ2n) is 6.10. The van der Waals surface area contributed by atoms with Crippen LogP contribution in [0.3, 0.4) is 0 Å². The minimum atomic E-state index is -0.363. The Labute approximate surface area is 145 Å². The molecule has 0 aliphatic heterocycles. The monoisotopic (exact) mass is 339 g/mol. The molecular formula is C18H21N5O2. The smallest absolute Gasteiger partial charge is 0.223 e. The maximum atomic E-state index is 11.7. The molecule has 0 aliphatic carbocycles. The average molecular weight is 339 g/mol. The van der Waals surface area contributed by atoms with Gasteiger partial charge in [-0.25, -0.2) is 4.68 Å². The standard InChI is InChI=1S/C18H21N5O2/c1-12-4-6-15(7-5-12)23-11-14(20-21-23)9-19-10-16-18(25)17(24)8-13(2)22(16)3/h4-8,11,19,25H,9-10H2,1-3H3. The largest absolute Gasteiger partial charge is 0.503 e. The molecule has 0 unspecified atom stereocenters. The third-order valence-electron chi connectivity index (χ3n) is 4.22. The molecule has 0 aliphatic rings. The van der Waals surface area contributed by atoms with E-state index in [4.69, 9.17) is 0 Å². The number of hydrogen-bond donors (Lipinski definition) is 2. The molecule has 2 heterocycles. The number of pyridine rings is 1. The molecule has 7 nitrogen and oxygen atoms in total. The van der Waals surface area contributed by atoms with Crippen LogP contribution in [0.15, 0.2) is 41.3 Å². The van der Waals surface area contributed by atoms with Gasteiger partial charge in [0.25, 0.3) is 0 Å². The van der Waals surface area contributed by atoms with Crippen molar-refractivity contribution in [2.45, 2.75) is 26.9 Å². The van der Waals surface area contributed by atoms with Crippen molar-refractivity contribution >= 4 is 0 Å². The fourth-order valence-corrected chi connectivity index (χ4v) is 2.58. The molecule has 0 radical (unpaired) electrons. The van der Waals surface area contributed by atoms with E-state index in [1.807, 2.05) is 51.4 Å².